The zero-order valence-electron chi connectivity index (χ0n) is 33.2. The van der Waals surface area contributed by atoms with Crippen LogP contribution in [0.15, 0.2) is 231 Å². The summed E-state index contributed by atoms with van der Waals surface area (Å²) in [7, 11) is 0. The molecule has 0 fully saturated rings. The van der Waals surface area contributed by atoms with Crippen molar-refractivity contribution >= 4 is 81.1 Å². The number of thiophene rings is 1. The molecule has 10 aromatic carbocycles. The van der Waals surface area contributed by atoms with Gasteiger partial charge < -0.3 is 9.47 Å². The predicted molar refractivity (Wildman–Crippen MR) is 262 cm³/mol. The van der Waals surface area contributed by atoms with Crippen LogP contribution in [0.4, 0.5) is 17.1 Å². The molecule has 0 aliphatic rings. The van der Waals surface area contributed by atoms with E-state index in [2.05, 4.69) is 240 Å². The largest absolute Gasteiger partial charge is 0.310 e. The molecule has 2 heterocycles. The van der Waals surface area contributed by atoms with Crippen molar-refractivity contribution in [3.05, 3.63) is 231 Å². The molecule has 0 aliphatic carbocycles. The van der Waals surface area contributed by atoms with Gasteiger partial charge in [0.05, 0.1) is 11.0 Å². The Labute approximate surface area is 358 Å². The summed E-state index contributed by atoms with van der Waals surface area (Å²) in [6.45, 7) is 0. The Morgan fingerprint density at radius 2 is 0.852 bits per heavy atom. The summed E-state index contributed by atoms with van der Waals surface area (Å²) >= 11 is 1.86. The quantitative estimate of drug-likeness (QED) is 0.156. The molecule has 12 aromatic rings. The van der Waals surface area contributed by atoms with Gasteiger partial charge in [0.1, 0.15) is 0 Å². The molecule has 0 saturated heterocycles. The first-order valence-electron chi connectivity index (χ1n) is 20.8. The van der Waals surface area contributed by atoms with Crippen LogP contribution in [-0.4, -0.2) is 4.57 Å². The summed E-state index contributed by atoms with van der Waals surface area (Å²) in [6, 6.07) is 84.2. The summed E-state index contributed by atoms with van der Waals surface area (Å²) in [5.41, 5.74) is 14.1. The Morgan fingerprint density at radius 1 is 0.311 bits per heavy atom. The highest BCUT2D eigenvalue weighted by atomic mass is 32.1. The van der Waals surface area contributed by atoms with Crippen LogP contribution in [0.5, 0.6) is 0 Å². The topological polar surface area (TPSA) is 8.17 Å². The fourth-order valence-corrected chi connectivity index (χ4v) is 10.5. The van der Waals surface area contributed by atoms with Crippen LogP contribution in [0.25, 0.3) is 91.8 Å². The maximum atomic E-state index is 2.41. The molecule has 0 spiro atoms. The average molecular weight is 795 g/mol. The van der Waals surface area contributed by atoms with Crippen molar-refractivity contribution in [3.63, 3.8) is 0 Å². The van der Waals surface area contributed by atoms with E-state index in [9.17, 15) is 0 Å². The minimum absolute atomic E-state index is 1.10. The van der Waals surface area contributed by atoms with E-state index >= 15 is 0 Å². The Bertz CT molecular complexity index is 3520. The van der Waals surface area contributed by atoms with Gasteiger partial charge in [0.2, 0.25) is 0 Å². The van der Waals surface area contributed by atoms with Gasteiger partial charge in [-0.2, -0.15) is 0 Å². The second kappa shape index (κ2) is 14.5. The van der Waals surface area contributed by atoms with Gasteiger partial charge in [0.25, 0.3) is 0 Å². The molecule has 0 aliphatic heterocycles. The van der Waals surface area contributed by atoms with Gasteiger partial charge in [-0.05, 0) is 111 Å². The number of fused-ring (bicyclic) bond motifs is 7. The maximum absolute atomic E-state index is 2.41. The van der Waals surface area contributed by atoms with E-state index in [-0.39, 0.29) is 0 Å². The number of rotatable bonds is 7. The van der Waals surface area contributed by atoms with Crippen molar-refractivity contribution in [2.45, 2.75) is 0 Å². The lowest BCUT2D eigenvalue weighted by Crippen LogP contribution is -2.09. The second-order valence-electron chi connectivity index (χ2n) is 15.7. The van der Waals surface area contributed by atoms with Crippen molar-refractivity contribution in [3.8, 4) is 39.1 Å². The number of aromatic nitrogens is 1. The van der Waals surface area contributed by atoms with Gasteiger partial charge in [-0.3, -0.25) is 0 Å². The molecule has 2 nitrogen and oxygen atoms in total. The molecule has 0 radical (unpaired) electrons. The van der Waals surface area contributed by atoms with Gasteiger partial charge in [0, 0.05) is 53.7 Å². The molecule has 0 saturated carbocycles. The third-order valence-electron chi connectivity index (χ3n) is 12.2. The highest BCUT2D eigenvalue weighted by Crippen LogP contribution is 2.43. The lowest BCUT2D eigenvalue weighted by molar-refractivity contribution is 1.18. The molecule has 3 heteroatoms. The summed E-state index contributed by atoms with van der Waals surface area (Å²) in [5.74, 6) is 0. The van der Waals surface area contributed by atoms with Crippen LogP contribution in [0.1, 0.15) is 0 Å². The number of hydrogen-bond acceptors (Lipinski definition) is 2. The van der Waals surface area contributed by atoms with Crippen molar-refractivity contribution < 1.29 is 0 Å². The lowest BCUT2D eigenvalue weighted by Gasteiger charge is -2.26. The molecule has 61 heavy (non-hydrogen) atoms. The third kappa shape index (κ3) is 6.01. The van der Waals surface area contributed by atoms with Crippen LogP contribution >= 0.6 is 11.3 Å². The van der Waals surface area contributed by atoms with Gasteiger partial charge in [-0.15, -0.1) is 11.3 Å². The number of benzene rings is 10. The number of nitrogens with zero attached hydrogens (tertiary/aromatic N) is 2. The molecule has 0 unspecified atom stereocenters. The summed E-state index contributed by atoms with van der Waals surface area (Å²) in [6.07, 6.45) is 0. The molecule has 0 bridgehead atoms. The third-order valence-corrected chi connectivity index (χ3v) is 13.3. The minimum Gasteiger partial charge on any atom is -0.310 e. The predicted octanol–water partition coefficient (Wildman–Crippen LogP) is 16.8. The fourth-order valence-electron chi connectivity index (χ4n) is 9.34. The van der Waals surface area contributed by atoms with Crippen molar-refractivity contribution in [2.75, 3.05) is 4.90 Å². The fraction of sp³-hybridized carbons (Fsp3) is 0. The normalized spacial score (nSPS) is 11.6. The Kier molecular flexibility index (Phi) is 8.39. The van der Waals surface area contributed by atoms with E-state index in [4.69, 9.17) is 0 Å². The van der Waals surface area contributed by atoms with Crippen LogP contribution in [-0.2, 0) is 0 Å². The van der Waals surface area contributed by atoms with Crippen molar-refractivity contribution in [1.82, 2.24) is 4.57 Å². The first-order chi connectivity index (χ1) is 30.2. The monoisotopic (exact) mass is 794 g/mol. The van der Waals surface area contributed by atoms with Crippen LogP contribution in [0, 0.1) is 0 Å². The van der Waals surface area contributed by atoms with Crippen molar-refractivity contribution in [2.24, 2.45) is 0 Å². The summed E-state index contributed by atoms with van der Waals surface area (Å²) in [5, 5.41) is 7.63. The molecule has 2 aromatic heterocycles. The smallest absolute Gasteiger partial charge is 0.0541 e. The van der Waals surface area contributed by atoms with Crippen LogP contribution in [0.3, 0.4) is 0 Å². The molecule has 286 valence electrons. The van der Waals surface area contributed by atoms with E-state index in [0.717, 1.165) is 28.3 Å². The molecular weight excluding hydrogens is 757 g/mol. The minimum atomic E-state index is 1.10. The first kappa shape index (κ1) is 35.2. The Hall–Kier alpha value is -7.72. The zero-order valence-corrected chi connectivity index (χ0v) is 34.1. The molecule has 0 atom stereocenters. The second-order valence-corrected chi connectivity index (χ2v) is 16.8. The molecular formula is C58H38N2S. The highest BCUT2D eigenvalue weighted by Gasteiger charge is 2.18. The van der Waals surface area contributed by atoms with Gasteiger partial charge in [-0.25, -0.2) is 0 Å². The van der Waals surface area contributed by atoms with E-state index in [1.807, 2.05) is 11.3 Å². The van der Waals surface area contributed by atoms with Crippen LogP contribution < -0.4 is 4.90 Å². The number of anilines is 3. The zero-order chi connectivity index (χ0) is 40.3. The number of para-hydroxylation sites is 2. The molecule has 0 N–H and O–H groups in total. The Balaban J connectivity index is 1.00. The first-order valence-corrected chi connectivity index (χ1v) is 21.6. The van der Waals surface area contributed by atoms with Gasteiger partial charge in [0.15, 0.2) is 0 Å². The standard InChI is InChI=1S/C58H38N2S/c1-2-13-39(14-3-1)49-35-33-45(60-55-22-9-6-18-50(55)51-19-7-10-23-56(51)60)37-54(49)42-27-31-44(32-28-42)59(46-34-36-53-52-20-8-11-24-57(52)61-58(53)38-46)43-29-25-41(26-30-43)48-21-12-16-40-15-4-5-17-47(40)48/h1-38H. The SMILES string of the molecule is c1ccc(-c2ccc(-n3c4ccccc4c4ccccc43)cc2-c2ccc(N(c3ccc(-c4cccc5ccccc45)cc3)c3ccc4c(c3)sc3ccccc34)cc2)cc1. The molecule has 12 rings (SSSR count). The maximum Gasteiger partial charge on any atom is 0.0541 e. The summed E-state index contributed by atoms with van der Waals surface area (Å²) in [4.78, 5) is 2.40. The van der Waals surface area contributed by atoms with Gasteiger partial charge in [-0.1, -0.05) is 164 Å². The lowest BCUT2D eigenvalue weighted by atomic mass is 9.93. The number of hydrogen-bond donors (Lipinski definition) is 0. The summed E-state index contributed by atoms with van der Waals surface area (Å²) < 4.78 is 5.00. The van der Waals surface area contributed by atoms with Crippen LogP contribution in [0.2, 0.25) is 0 Å². The van der Waals surface area contributed by atoms with E-state index in [1.54, 1.807) is 0 Å². The van der Waals surface area contributed by atoms with E-state index in [1.165, 1.54) is 80.6 Å². The Morgan fingerprint density at radius 3 is 1.57 bits per heavy atom. The average Bonchev–Trinajstić information content (AvgIpc) is 3.88. The van der Waals surface area contributed by atoms with Crippen molar-refractivity contribution in [1.29, 1.82) is 0 Å². The molecule has 0 amide bonds. The highest BCUT2D eigenvalue weighted by molar-refractivity contribution is 7.25. The van der Waals surface area contributed by atoms with E-state index < -0.39 is 0 Å². The van der Waals surface area contributed by atoms with E-state index in [0.29, 0.717) is 0 Å². The van der Waals surface area contributed by atoms with Gasteiger partial charge >= 0.3 is 0 Å².